The number of hydrogen-bond donors (Lipinski definition) is 1. The van der Waals surface area contributed by atoms with E-state index in [0.29, 0.717) is 0 Å². The second-order valence-corrected chi connectivity index (χ2v) is 8.24. The van der Waals surface area contributed by atoms with Crippen molar-refractivity contribution >= 4 is 10.1 Å². The zero-order valence-corrected chi connectivity index (χ0v) is 17.5. The minimum atomic E-state index is -7.63. The summed E-state index contributed by atoms with van der Waals surface area (Å²) in [6, 6.07) is 4.56. The number of ether oxygens (including phenoxy) is 1. The lowest BCUT2D eigenvalue weighted by molar-refractivity contribution is -0.382. The summed E-state index contributed by atoms with van der Waals surface area (Å²) in [5.74, 6) is -20.9. The minimum absolute atomic E-state index is 0.0669. The number of hydrogen-bond acceptors (Lipinski definition) is 5. The summed E-state index contributed by atoms with van der Waals surface area (Å²) in [7, 11) is -6.24. The number of benzene rings is 2. The molecule has 1 atom stereocenters. The molecule has 2 rings (SSSR count). The van der Waals surface area contributed by atoms with Crippen LogP contribution in [-0.4, -0.2) is 43.9 Å². The van der Waals surface area contributed by atoms with Gasteiger partial charge in [0.05, 0.1) is 12.7 Å². The average molecular weight is 548 g/mol. The standard InChI is InChI=1S/C18H11F11O5S/c1-33-9-4-2-8(3-5-9)14(30)12-10(19)6-7-11(13(12)20)34-35(31,32)18(28,29)16(23,24)15(21,22)17(25,26)27/h2-7,14,30H,1H3. The molecule has 0 bridgehead atoms. The summed E-state index contributed by atoms with van der Waals surface area (Å²) in [5, 5.41) is 2.94. The van der Waals surface area contributed by atoms with E-state index in [2.05, 4.69) is 4.18 Å². The van der Waals surface area contributed by atoms with Gasteiger partial charge >= 0.3 is 33.4 Å². The summed E-state index contributed by atoms with van der Waals surface area (Å²) >= 11 is 0. The Labute approximate surface area is 188 Å². The third-order valence-electron chi connectivity index (χ3n) is 4.43. The zero-order chi connectivity index (χ0) is 27.2. The van der Waals surface area contributed by atoms with E-state index in [-0.39, 0.29) is 23.4 Å². The molecule has 1 N–H and O–H groups in total. The molecule has 35 heavy (non-hydrogen) atoms. The first kappa shape index (κ1) is 28.4. The van der Waals surface area contributed by atoms with Gasteiger partial charge in [-0.3, -0.25) is 0 Å². The molecule has 0 amide bonds. The summed E-state index contributed by atoms with van der Waals surface area (Å²) in [4.78, 5) is 0. The predicted octanol–water partition coefficient (Wildman–Crippen LogP) is 5.19. The Balaban J connectivity index is 2.53. The van der Waals surface area contributed by atoms with Gasteiger partial charge in [-0.05, 0) is 29.8 Å². The van der Waals surface area contributed by atoms with Gasteiger partial charge in [-0.1, -0.05) is 12.1 Å². The van der Waals surface area contributed by atoms with E-state index in [1.165, 1.54) is 19.2 Å². The summed E-state index contributed by atoms with van der Waals surface area (Å²) < 4.78 is 177. The lowest BCUT2D eigenvalue weighted by atomic mass is 10.00. The van der Waals surface area contributed by atoms with Crippen molar-refractivity contribution in [2.75, 3.05) is 7.11 Å². The van der Waals surface area contributed by atoms with Crippen molar-refractivity contribution < 1.29 is 70.7 Å². The Kier molecular flexibility index (Phi) is 7.31. The van der Waals surface area contributed by atoms with Crippen LogP contribution in [0.2, 0.25) is 0 Å². The van der Waals surface area contributed by atoms with Crippen molar-refractivity contribution in [3.05, 3.63) is 59.2 Å². The molecule has 0 aliphatic rings. The van der Waals surface area contributed by atoms with Gasteiger partial charge in [0.2, 0.25) is 0 Å². The van der Waals surface area contributed by atoms with Crippen LogP contribution in [0.3, 0.4) is 0 Å². The first-order valence-electron chi connectivity index (χ1n) is 8.67. The lowest BCUT2D eigenvalue weighted by Gasteiger charge is -2.32. The van der Waals surface area contributed by atoms with E-state index in [4.69, 9.17) is 4.74 Å². The van der Waals surface area contributed by atoms with E-state index in [0.717, 1.165) is 12.1 Å². The Morgan fingerprint density at radius 3 is 1.80 bits per heavy atom. The van der Waals surface area contributed by atoms with E-state index in [9.17, 15) is 61.8 Å². The predicted molar refractivity (Wildman–Crippen MR) is 93.9 cm³/mol. The third-order valence-corrected chi connectivity index (χ3v) is 5.71. The molecule has 0 saturated heterocycles. The highest BCUT2D eigenvalue weighted by atomic mass is 32.2. The second kappa shape index (κ2) is 9.00. The van der Waals surface area contributed by atoms with Gasteiger partial charge in [-0.15, -0.1) is 0 Å². The number of rotatable bonds is 8. The monoisotopic (exact) mass is 548 g/mol. The molecule has 0 aliphatic carbocycles. The highest BCUT2D eigenvalue weighted by Gasteiger charge is 2.86. The Morgan fingerprint density at radius 2 is 1.34 bits per heavy atom. The smallest absolute Gasteiger partial charge is 0.460 e. The molecule has 0 heterocycles. The molecule has 5 nitrogen and oxygen atoms in total. The van der Waals surface area contributed by atoms with Gasteiger partial charge < -0.3 is 14.0 Å². The van der Waals surface area contributed by atoms with Crippen LogP contribution < -0.4 is 8.92 Å². The van der Waals surface area contributed by atoms with Crippen molar-refractivity contribution in [2.24, 2.45) is 0 Å². The van der Waals surface area contributed by atoms with Crippen molar-refractivity contribution in [3.8, 4) is 11.5 Å². The number of methoxy groups -OCH3 is 1. The van der Waals surface area contributed by atoms with Crippen molar-refractivity contribution in [1.82, 2.24) is 0 Å². The van der Waals surface area contributed by atoms with Crippen molar-refractivity contribution in [1.29, 1.82) is 0 Å². The van der Waals surface area contributed by atoms with E-state index < -0.39 is 62.4 Å². The maximum atomic E-state index is 14.7. The first-order valence-corrected chi connectivity index (χ1v) is 10.1. The molecule has 196 valence electrons. The average Bonchev–Trinajstić information content (AvgIpc) is 2.74. The molecule has 2 aromatic rings. The summed E-state index contributed by atoms with van der Waals surface area (Å²) in [5.41, 5.74) is -1.75. The van der Waals surface area contributed by atoms with Crippen LogP contribution in [0.25, 0.3) is 0 Å². The Morgan fingerprint density at radius 1 is 0.829 bits per heavy atom. The maximum absolute atomic E-state index is 14.7. The third kappa shape index (κ3) is 4.70. The number of aliphatic hydroxyl groups excluding tert-OH is 1. The fraction of sp³-hybridized carbons (Fsp3) is 0.333. The Hall–Kier alpha value is -2.82. The second-order valence-electron chi connectivity index (χ2n) is 6.65. The summed E-state index contributed by atoms with van der Waals surface area (Å²) in [6.45, 7) is 0. The zero-order valence-electron chi connectivity index (χ0n) is 16.7. The van der Waals surface area contributed by atoms with E-state index in [1.54, 1.807) is 0 Å². The highest BCUT2D eigenvalue weighted by molar-refractivity contribution is 7.88. The number of alkyl halides is 9. The van der Waals surface area contributed by atoms with E-state index in [1.807, 2.05) is 0 Å². The topological polar surface area (TPSA) is 72.8 Å². The number of halogens is 11. The quantitative estimate of drug-likeness (QED) is 0.363. The molecule has 0 radical (unpaired) electrons. The molecule has 0 saturated carbocycles. The molecular formula is C18H11F11O5S. The van der Waals surface area contributed by atoms with Crippen LogP contribution in [0.4, 0.5) is 48.3 Å². The van der Waals surface area contributed by atoms with Crippen molar-refractivity contribution in [2.45, 2.75) is 29.4 Å². The first-order chi connectivity index (χ1) is 15.7. The summed E-state index contributed by atoms with van der Waals surface area (Å²) in [6.07, 6.45) is -9.62. The molecule has 0 aromatic heterocycles. The van der Waals surface area contributed by atoms with Crippen LogP contribution in [-0.2, 0) is 10.1 Å². The van der Waals surface area contributed by atoms with Gasteiger partial charge in [-0.25, -0.2) is 8.78 Å². The minimum Gasteiger partial charge on any atom is -0.497 e. The van der Waals surface area contributed by atoms with Crippen LogP contribution in [0.5, 0.6) is 11.5 Å². The normalized spacial score (nSPS) is 14.5. The fourth-order valence-electron chi connectivity index (χ4n) is 2.51. The van der Waals surface area contributed by atoms with Gasteiger partial charge in [0.15, 0.2) is 11.6 Å². The molecule has 2 aromatic carbocycles. The fourth-order valence-corrected chi connectivity index (χ4v) is 3.42. The van der Waals surface area contributed by atoms with Crippen LogP contribution in [0.15, 0.2) is 36.4 Å². The molecular weight excluding hydrogens is 537 g/mol. The lowest BCUT2D eigenvalue weighted by Crippen LogP contribution is -2.63. The van der Waals surface area contributed by atoms with Crippen LogP contribution in [0, 0.1) is 11.6 Å². The highest BCUT2D eigenvalue weighted by Crippen LogP contribution is 2.55. The SMILES string of the molecule is COc1ccc(C(O)c2c(F)ccc(OS(=O)(=O)C(F)(F)C(F)(F)C(F)(F)C(F)(F)F)c2F)cc1. The van der Waals surface area contributed by atoms with Gasteiger partial charge in [0.25, 0.3) is 0 Å². The molecule has 0 fully saturated rings. The van der Waals surface area contributed by atoms with Crippen molar-refractivity contribution in [3.63, 3.8) is 0 Å². The number of aliphatic hydroxyl groups is 1. The Bertz CT molecular complexity index is 1180. The van der Waals surface area contributed by atoms with Gasteiger partial charge in [-0.2, -0.15) is 47.9 Å². The molecule has 0 aliphatic heterocycles. The van der Waals surface area contributed by atoms with Crippen LogP contribution in [0.1, 0.15) is 17.2 Å². The van der Waals surface area contributed by atoms with Gasteiger partial charge in [0.1, 0.15) is 17.7 Å². The molecule has 0 spiro atoms. The van der Waals surface area contributed by atoms with Gasteiger partial charge in [0, 0.05) is 0 Å². The van der Waals surface area contributed by atoms with Crippen LogP contribution >= 0.6 is 0 Å². The largest absolute Gasteiger partial charge is 0.497 e. The maximum Gasteiger partial charge on any atom is 0.460 e. The molecule has 1 unspecified atom stereocenters. The van der Waals surface area contributed by atoms with E-state index >= 15 is 0 Å². The molecule has 17 heteroatoms.